The number of ketones is 2. The normalized spacial score (nSPS) is 19.7. The highest BCUT2D eigenvalue weighted by Crippen LogP contribution is 2.42. The highest BCUT2D eigenvalue weighted by Gasteiger charge is 2.51. The molecule has 1 amide bonds. The molecule has 1 aliphatic heterocycles. The van der Waals surface area contributed by atoms with Crippen LogP contribution >= 0.6 is 15.9 Å². The van der Waals surface area contributed by atoms with Crippen LogP contribution in [0.5, 0.6) is 11.5 Å². The van der Waals surface area contributed by atoms with Crippen LogP contribution in [0.15, 0.2) is 46.9 Å². The molecule has 134 valence electrons. The van der Waals surface area contributed by atoms with Crippen molar-refractivity contribution in [1.29, 1.82) is 0 Å². The molecule has 26 heavy (non-hydrogen) atoms. The number of nitrogens with zero attached hydrogens (tertiary/aromatic N) is 1. The molecule has 0 aliphatic carbocycles. The molecule has 0 bridgehead atoms. The van der Waals surface area contributed by atoms with Crippen molar-refractivity contribution in [2.45, 2.75) is 13.0 Å². The fourth-order valence-electron chi connectivity index (χ4n) is 3.18. The fraction of sp³-hybridized carbons (Fsp3) is 0.211. The van der Waals surface area contributed by atoms with E-state index in [1.165, 1.54) is 31.1 Å². The van der Waals surface area contributed by atoms with E-state index in [1.54, 1.807) is 30.3 Å². The van der Waals surface area contributed by atoms with Crippen LogP contribution in [-0.2, 0) is 14.4 Å². The van der Waals surface area contributed by atoms with Crippen molar-refractivity contribution < 1.29 is 24.2 Å². The fourth-order valence-corrected chi connectivity index (χ4v) is 3.44. The molecule has 0 aromatic heterocycles. The van der Waals surface area contributed by atoms with Crippen LogP contribution < -0.4 is 9.64 Å². The van der Waals surface area contributed by atoms with Gasteiger partial charge in [0.15, 0.2) is 11.5 Å². The number of carbonyl (C=O) groups is 3. The highest BCUT2D eigenvalue weighted by molar-refractivity contribution is 9.10. The molecule has 2 atom stereocenters. The molecule has 2 unspecified atom stereocenters. The average molecular weight is 418 g/mol. The maximum atomic E-state index is 12.6. The number of phenols is 1. The van der Waals surface area contributed by atoms with E-state index in [1.807, 2.05) is 0 Å². The van der Waals surface area contributed by atoms with Gasteiger partial charge in [0.2, 0.25) is 5.78 Å². The minimum absolute atomic E-state index is 0.0681. The first-order valence-electron chi connectivity index (χ1n) is 7.85. The van der Waals surface area contributed by atoms with Crippen molar-refractivity contribution in [3.05, 3.63) is 52.5 Å². The molecule has 3 rings (SSSR count). The minimum atomic E-state index is -1.11. The number of Topliss-reactive ketones (excluding diaryl/α,β-unsaturated/α-hetero) is 2. The van der Waals surface area contributed by atoms with E-state index in [0.29, 0.717) is 11.3 Å². The van der Waals surface area contributed by atoms with Crippen molar-refractivity contribution in [3.8, 4) is 11.5 Å². The predicted molar refractivity (Wildman–Crippen MR) is 98.2 cm³/mol. The minimum Gasteiger partial charge on any atom is -0.504 e. The third-order valence-electron chi connectivity index (χ3n) is 4.39. The van der Waals surface area contributed by atoms with Gasteiger partial charge in [0.1, 0.15) is 11.7 Å². The summed E-state index contributed by atoms with van der Waals surface area (Å²) in [6.45, 7) is 1.30. The van der Waals surface area contributed by atoms with Crippen molar-refractivity contribution in [2.75, 3.05) is 12.0 Å². The first-order valence-corrected chi connectivity index (χ1v) is 8.64. The van der Waals surface area contributed by atoms with E-state index in [-0.39, 0.29) is 17.3 Å². The summed E-state index contributed by atoms with van der Waals surface area (Å²) >= 11 is 3.33. The van der Waals surface area contributed by atoms with E-state index >= 15 is 0 Å². The summed E-state index contributed by atoms with van der Waals surface area (Å²) in [5.74, 6) is -2.84. The number of ether oxygens (including phenoxy) is 1. The molecule has 6 nitrogen and oxygen atoms in total. The largest absolute Gasteiger partial charge is 0.504 e. The molecule has 1 fully saturated rings. The molecule has 2 aromatic carbocycles. The van der Waals surface area contributed by atoms with E-state index in [4.69, 9.17) is 4.74 Å². The number of benzene rings is 2. The van der Waals surface area contributed by atoms with E-state index < -0.39 is 23.7 Å². The van der Waals surface area contributed by atoms with Crippen molar-refractivity contribution in [1.82, 2.24) is 0 Å². The summed E-state index contributed by atoms with van der Waals surface area (Å²) in [6.07, 6.45) is 0. The van der Waals surface area contributed by atoms with E-state index in [0.717, 1.165) is 4.47 Å². The van der Waals surface area contributed by atoms with Gasteiger partial charge in [-0.3, -0.25) is 19.3 Å². The van der Waals surface area contributed by atoms with Crippen LogP contribution in [0, 0.1) is 5.92 Å². The van der Waals surface area contributed by atoms with Crippen LogP contribution in [0.1, 0.15) is 18.5 Å². The monoisotopic (exact) mass is 417 g/mol. The molecule has 0 radical (unpaired) electrons. The zero-order chi connectivity index (χ0) is 19.0. The van der Waals surface area contributed by atoms with Crippen molar-refractivity contribution in [3.63, 3.8) is 0 Å². The van der Waals surface area contributed by atoms with Gasteiger partial charge in [-0.15, -0.1) is 0 Å². The Morgan fingerprint density at radius 2 is 1.81 bits per heavy atom. The van der Waals surface area contributed by atoms with Gasteiger partial charge >= 0.3 is 0 Å². The summed E-state index contributed by atoms with van der Waals surface area (Å²) in [5.41, 5.74) is 1.04. The number of anilines is 1. The lowest BCUT2D eigenvalue weighted by molar-refractivity contribution is -0.138. The van der Waals surface area contributed by atoms with Crippen LogP contribution in [0.3, 0.4) is 0 Å². The number of hydrogen-bond acceptors (Lipinski definition) is 5. The summed E-state index contributed by atoms with van der Waals surface area (Å²) in [5, 5.41) is 9.83. The number of aromatic hydroxyl groups is 1. The van der Waals surface area contributed by atoms with E-state index in [9.17, 15) is 19.5 Å². The van der Waals surface area contributed by atoms with Crippen LogP contribution in [0.25, 0.3) is 0 Å². The Morgan fingerprint density at radius 3 is 2.38 bits per heavy atom. The Bertz CT molecular complexity index is 893. The lowest BCUT2D eigenvalue weighted by Gasteiger charge is -2.27. The number of methoxy groups -OCH3 is 1. The zero-order valence-corrected chi connectivity index (χ0v) is 15.7. The summed E-state index contributed by atoms with van der Waals surface area (Å²) in [7, 11) is 1.40. The van der Waals surface area contributed by atoms with Gasteiger partial charge in [0, 0.05) is 10.2 Å². The highest BCUT2D eigenvalue weighted by atomic mass is 79.9. The maximum Gasteiger partial charge on any atom is 0.295 e. The number of carbonyl (C=O) groups excluding carboxylic acids is 3. The smallest absolute Gasteiger partial charge is 0.295 e. The number of halogens is 1. The second-order valence-electron chi connectivity index (χ2n) is 5.98. The van der Waals surface area contributed by atoms with Crippen molar-refractivity contribution in [2.24, 2.45) is 5.92 Å². The van der Waals surface area contributed by atoms with Crippen molar-refractivity contribution >= 4 is 39.1 Å². The Balaban J connectivity index is 2.17. The molecule has 1 aliphatic rings. The van der Waals surface area contributed by atoms with Crippen LogP contribution in [0.4, 0.5) is 5.69 Å². The standard InChI is InChI=1S/C19H16BrNO5/c1-10(22)16-17(11-3-8-14(23)15(9-11)26-2)21(19(25)18(16)24)13-6-4-12(20)5-7-13/h3-9,16-17,23H,1-2H3. The number of phenolic OH excluding ortho intramolecular Hbond substituents is 1. The number of rotatable bonds is 4. The Labute approximate surface area is 158 Å². The third-order valence-corrected chi connectivity index (χ3v) is 4.92. The molecule has 0 saturated carbocycles. The molecule has 0 spiro atoms. The van der Waals surface area contributed by atoms with Crippen LogP contribution in [0.2, 0.25) is 0 Å². The van der Waals surface area contributed by atoms with Gasteiger partial charge in [-0.25, -0.2) is 0 Å². The Hall–Kier alpha value is -2.67. The quantitative estimate of drug-likeness (QED) is 0.610. The summed E-state index contributed by atoms with van der Waals surface area (Å²) in [4.78, 5) is 38.6. The topological polar surface area (TPSA) is 83.9 Å². The zero-order valence-electron chi connectivity index (χ0n) is 14.1. The molecule has 1 saturated heterocycles. The number of amides is 1. The summed E-state index contributed by atoms with van der Waals surface area (Å²) < 4.78 is 5.95. The van der Waals surface area contributed by atoms with Gasteiger partial charge in [-0.05, 0) is 48.9 Å². The molecular weight excluding hydrogens is 402 g/mol. The third kappa shape index (κ3) is 2.99. The maximum absolute atomic E-state index is 12.6. The molecule has 7 heteroatoms. The van der Waals surface area contributed by atoms with Gasteiger partial charge in [0.05, 0.1) is 13.2 Å². The molecule has 1 heterocycles. The average Bonchev–Trinajstić information content (AvgIpc) is 2.88. The Kier molecular flexibility index (Phi) is 4.82. The molecule has 1 N–H and O–H groups in total. The van der Waals surface area contributed by atoms with E-state index in [2.05, 4.69) is 15.9 Å². The first-order chi connectivity index (χ1) is 12.3. The predicted octanol–water partition coefficient (Wildman–Crippen LogP) is 3.03. The summed E-state index contributed by atoms with van der Waals surface area (Å²) in [6, 6.07) is 10.6. The second kappa shape index (κ2) is 6.92. The molecule has 2 aromatic rings. The molecular formula is C19H16BrNO5. The first kappa shape index (κ1) is 18.1. The van der Waals surface area contributed by atoms with Gasteiger partial charge < -0.3 is 9.84 Å². The lowest BCUT2D eigenvalue weighted by Crippen LogP contribution is -2.30. The van der Waals surface area contributed by atoms with Gasteiger partial charge in [-0.1, -0.05) is 22.0 Å². The van der Waals surface area contributed by atoms with Gasteiger partial charge in [-0.2, -0.15) is 0 Å². The van der Waals surface area contributed by atoms with Crippen LogP contribution in [-0.4, -0.2) is 29.7 Å². The second-order valence-corrected chi connectivity index (χ2v) is 6.90. The number of hydrogen-bond donors (Lipinski definition) is 1. The SMILES string of the molecule is COc1cc(C2C(C(C)=O)C(=O)C(=O)N2c2ccc(Br)cc2)ccc1O. The lowest BCUT2D eigenvalue weighted by atomic mass is 9.89. The van der Waals surface area contributed by atoms with Gasteiger partial charge in [0.25, 0.3) is 5.91 Å². The Morgan fingerprint density at radius 1 is 1.15 bits per heavy atom.